The summed E-state index contributed by atoms with van der Waals surface area (Å²) >= 11 is 0.573. The average molecular weight is 366 g/mol. The summed E-state index contributed by atoms with van der Waals surface area (Å²) in [4.78, 5) is 0. The second-order valence-corrected chi connectivity index (χ2v) is 7.64. The van der Waals surface area contributed by atoms with Crippen LogP contribution < -0.4 is 5.32 Å². The van der Waals surface area contributed by atoms with Crippen LogP contribution in [-0.4, -0.2) is 15.0 Å². The zero-order valence-electron chi connectivity index (χ0n) is 13.1. The summed E-state index contributed by atoms with van der Waals surface area (Å²) in [6, 6.07) is 32.4. The summed E-state index contributed by atoms with van der Waals surface area (Å²) in [7, 11) is 0. The average Bonchev–Trinajstić information content (AvgIpc) is 2.63. The van der Waals surface area contributed by atoms with Crippen LogP contribution in [0.3, 0.4) is 0 Å². The molecular formula is C21H21NSe. The minimum atomic E-state index is 0.377. The molecule has 0 amide bonds. The SMILES string of the molecule is c1ccc(C[Se]CC(Nc2ccccc2)c2ccccc2)cc1. The molecule has 0 radical (unpaired) electrons. The van der Waals surface area contributed by atoms with Crippen molar-refractivity contribution in [2.45, 2.75) is 16.7 Å². The molecule has 0 saturated heterocycles. The van der Waals surface area contributed by atoms with Gasteiger partial charge in [-0.3, -0.25) is 0 Å². The predicted molar refractivity (Wildman–Crippen MR) is 100.0 cm³/mol. The van der Waals surface area contributed by atoms with Crippen LogP contribution in [0.2, 0.25) is 5.32 Å². The second kappa shape index (κ2) is 8.57. The molecule has 0 bridgehead atoms. The van der Waals surface area contributed by atoms with E-state index in [-0.39, 0.29) is 0 Å². The molecule has 3 aromatic rings. The summed E-state index contributed by atoms with van der Waals surface area (Å²) in [5, 5.41) is 6.07. The van der Waals surface area contributed by atoms with E-state index in [2.05, 4.69) is 96.3 Å². The van der Waals surface area contributed by atoms with Gasteiger partial charge in [0.1, 0.15) is 0 Å². The van der Waals surface area contributed by atoms with Gasteiger partial charge in [-0.15, -0.1) is 0 Å². The van der Waals surface area contributed by atoms with Gasteiger partial charge >= 0.3 is 145 Å². The third kappa shape index (κ3) is 4.99. The summed E-state index contributed by atoms with van der Waals surface area (Å²) in [6.45, 7) is 0. The van der Waals surface area contributed by atoms with E-state index in [1.807, 2.05) is 0 Å². The molecule has 0 aromatic heterocycles. The van der Waals surface area contributed by atoms with E-state index in [1.54, 1.807) is 0 Å². The van der Waals surface area contributed by atoms with Gasteiger partial charge in [-0.05, 0) is 0 Å². The molecule has 23 heavy (non-hydrogen) atoms. The van der Waals surface area contributed by atoms with Gasteiger partial charge in [-0.25, -0.2) is 0 Å². The van der Waals surface area contributed by atoms with Crippen molar-refractivity contribution in [2.75, 3.05) is 5.32 Å². The van der Waals surface area contributed by atoms with Gasteiger partial charge < -0.3 is 0 Å². The number of nitrogens with one attached hydrogen (secondary N) is 1. The van der Waals surface area contributed by atoms with Gasteiger partial charge in [0.05, 0.1) is 0 Å². The molecule has 1 nitrogen and oxygen atoms in total. The van der Waals surface area contributed by atoms with E-state index < -0.39 is 0 Å². The molecule has 3 rings (SSSR count). The molecule has 3 aromatic carbocycles. The van der Waals surface area contributed by atoms with Crippen molar-refractivity contribution in [2.24, 2.45) is 0 Å². The standard InChI is InChI=1S/C21H21NSe/c1-4-10-18(11-5-1)16-23-17-21(19-12-6-2-7-13-19)22-20-14-8-3-9-15-20/h1-15,21-22H,16-17H2. The van der Waals surface area contributed by atoms with E-state index in [0.717, 1.165) is 0 Å². The Kier molecular flexibility index (Phi) is 5.91. The van der Waals surface area contributed by atoms with Crippen molar-refractivity contribution in [3.05, 3.63) is 102 Å². The number of hydrogen-bond acceptors (Lipinski definition) is 1. The molecule has 1 atom stereocenters. The Bertz CT molecular complexity index is 683. The normalized spacial score (nSPS) is 11.8. The fourth-order valence-corrected chi connectivity index (χ4v) is 4.73. The van der Waals surface area contributed by atoms with Crippen molar-refractivity contribution in [1.29, 1.82) is 0 Å². The summed E-state index contributed by atoms with van der Waals surface area (Å²) < 4.78 is 0. The number of hydrogen-bond donors (Lipinski definition) is 1. The third-order valence-corrected chi connectivity index (χ3v) is 6.03. The van der Waals surface area contributed by atoms with Crippen LogP contribution in [0.25, 0.3) is 0 Å². The molecule has 1 N–H and O–H groups in total. The molecule has 0 aliphatic heterocycles. The summed E-state index contributed by atoms with van der Waals surface area (Å²) in [6.07, 6.45) is 0. The molecule has 0 aliphatic rings. The molecule has 0 fully saturated rings. The molecule has 2 heteroatoms. The number of rotatable bonds is 7. The van der Waals surface area contributed by atoms with Gasteiger partial charge in [-0.1, -0.05) is 0 Å². The van der Waals surface area contributed by atoms with Crippen molar-refractivity contribution in [1.82, 2.24) is 0 Å². The quantitative estimate of drug-likeness (QED) is 0.570. The maximum atomic E-state index is 3.70. The molecule has 0 spiro atoms. The minimum absolute atomic E-state index is 0.377. The topological polar surface area (TPSA) is 12.0 Å². The number of para-hydroxylation sites is 1. The van der Waals surface area contributed by atoms with Gasteiger partial charge in [0.2, 0.25) is 0 Å². The molecular weight excluding hydrogens is 345 g/mol. The van der Waals surface area contributed by atoms with Crippen LogP contribution in [-0.2, 0) is 5.32 Å². The first-order valence-electron chi connectivity index (χ1n) is 7.90. The number of benzene rings is 3. The van der Waals surface area contributed by atoms with Gasteiger partial charge in [0.25, 0.3) is 0 Å². The van der Waals surface area contributed by atoms with E-state index in [0.29, 0.717) is 21.0 Å². The van der Waals surface area contributed by atoms with Gasteiger partial charge in [0.15, 0.2) is 0 Å². The number of anilines is 1. The Hall–Kier alpha value is -2.02. The van der Waals surface area contributed by atoms with Crippen molar-refractivity contribution >= 4 is 20.6 Å². The summed E-state index contributed by atoms with van der Waals surface area (Å²) in [5.41, 5.74) is 4.00. The Morgan fingerprint density at radius 3 is 1.91 bits per heavy atom. The molecule has 0 saturated carbocycles. The Balaban J connectivity index is 1.65. The van der Waals surface area contributed by atoms with Crippen molar-refractivity contribution < 1.29 is 0 Å². The zero-order valence-corrected chi connectivity index (χ0v) is 14.8. The second-order valence-electron chi connectivity index (χ2n) is 5.47. The van der Waals surface area contributed by atoms with E-state index in [1.165, 1.54) is 27.5 Å². The fraction of sp³-hybridized carbons (Fsp3) is 0.143. The van der Waals surface area contributed by atoms with Crippen LogP contribution in [0.15, 0.2) is 91.0 Å². The zero-order chi connectivity index (χ0) is 15.7. The first-order chi connectivity index (χ1) is 11.4. The first kappa shape index (κ1) is 15.9. The van der Waals surface area contributed by atoms with E-state index in [4.69, 9.17) is 0 Å². The van der Waals surface area contributed by atoms with E-state index >= 15 is 0 Å². The predicted octanol–water partition coefficient (Wildman–Crippen LogP) is 5.16. The van der Waals surface area contributed by atoms with Crippen molar-refractivity contribution in [3.63, 3.8) is 0 Å². The van der Waals surface area contributed by atoms with Gasteiger partial charge in [0, 0.05) is 0 Å². The maximum absolute atomic E-state index is 3.70. The van der Waals surface area contributed by atoms with Crippen LogP contribution in [0.5, 0.6) is 0 Å². The molecule has 0 heterocycles. The molecule has 116 valence electrons. The molecule has 0 aliphatic carbocycles. The molecule has 1 unspecified atom stereocenters. The van der Waals surface area contributed by atoms with Crippen LogP contribution >= 0.6 is 0 Å². The summed E-state index contributed by atoms with van der Waals surface area (Å²) in [5.74, 6) is 0. The monoisotopic (exact) mass is 367 g/mol. The van der Waals surface area contributed by atoms with Crippen LogP contribution in [0.4, 0.5) is 5.69 Å². The van der Waals surface area contributed by atoms with E-state index in [9.17, 15) is 0 Å². The Morgan fingerprint density at radius 2 is 1.26 bits per heavy atom. The van der Waals surface area contributed by atoms with Crippen LogP contribution in [0.1, 0.15) is 17.2 Å². The Labute approximate surface area is 144 Å². The Morgan fingerprint density at radius 1 is 0.696 bits per heavy atom. The first-order valence-corrected chi connectivity index (χ1v) is 10.3. The van der Waals surface area contributed by atoms with Crippen molar-refractivity contribution in [3.8, 4) is 0 Å². The van der Waals surface area contributed by atoms with Crippen LogP contribution in [0, 0.1) is 0 Å². The third-order valence-electron chi connectivity index (χ3n) is 3.71. The van der Waals surface area contributed by atoms with Gasteiger partial charge in [-0.2, -0.15) is 0 Å². The fourth-order valence-electron chi connectivity index (χ4n) is 2.51.